The van der Waals surface area contributed by atoms with Gasteiger partial charge in [0.1, 0.15) is 11.6 Å². The van der Waals surface area contributed by atoms with Gasteiger partial charge in [-0.15, -0.1) is 0 Å². The van der Waals surface area contributed by atoms with E-state index in [1.807, 2.05) is 35.2 Å². The Hall–Kier alpha value is -2.08. The van der Waals surface area contributed by atoms with Gasteiger partial charge in [-0.3, -0.25) is 4.79 Å². The summed E-state index contributed by atoms with van der Waals surface area (Å²) in [6.45, 7) is 4.44. The third-order valence-corrected chi connectivity index (χ3v) is 6.82. The fraction of sp³-hybridized carbons (Fsp3) is 0.636. The summed E-state index contributed by atoms with van der Waals surface area (Å²) in [7, 11) is 0. The van der Waals surface area contributed by atoms with Gasteiger partial charge in [-0.05, 0) is 18.4 Å². The number of fused-ring (bicyclic) bond motifs is 1. The van der Waals surface area contributed by atoms with E-state index in [4.69, 9.17) is 0 Å². The smallest absolute Gasteiger partial charge is 0.315 e. The Morgan fingerprint density at radius 1 is 1.07 bits per heavy atom. The highest BCUT2D eigenvalue weighted by Gasteiger charge is 2.46. The van der Waals surface area contributed by atoms with Crippen molar-refractivity contribution in [3.8, 4) is 0 Å². The second kappa shape index (κ2) is 8.52. The molecule has 3 amide bonds. The number of piperazine rings is 1. The maximum Gasteiger partial charge on any atom is 0.315 e. The number of benzene rings is 1. The van der Waals surface area contributed by atoms with E-state index in [0.29, 0.717) is 12.6 Å². The van der Waals surface area contributed by atoms with Gasteiger partial charge < -0.3 is 20.4 Å². The lowest BCUT2D eigenvalue weighted by Crippen LogP contribution is -3.16. The van der Waals surface area contributed by atoms with E-state index in [9.17, 15) is 9.59 Å². The van der Waals surface area contributed by atoms with Crippen LogP contribution in [-0.4, -0.2) is 54.6 Å². The fourth-order valence-corrected chi connectivity index (χ4v) is 5.24. The summed E-state index contributed by atoms with van der Waals surface area (Å²) in [5.41, 5.74) is 0.330. The Labute approximate surface area is 167 Å². The van der Waals surface area contributed by atoms with E-state index in [2.05, 4.69) is 10.6 Å². The second-order valence-electron chi connectivity index (χ2n) is 8.68. The van der Waals surface area contributed by atoms with Crippen LogP contribution in [-0.2, 0) is 11.3 Å². The molecule has 3 aliphatic rings. The van der Waals surface area contributed by atoms with Crippen LogP contribution in [0.3, 0.4) is 0 Å². The molecular formula is C22H33N4O2+. The van der Waals surface area contributed by atoms with Crippen LogP contribution in [0.5, 0.6) is 0 Å². The van der Waals surface area contributed by atoms with Crippen LogP contribution >= 0.6 is 0 Å². The van der Waals surface area contributed by atoms with E-state index in [-0.39, 0.29) is 11.9 Å². The van der Waals surface area contributed by atoms with Crippen molar-refractivity contribution in [2.24, 2.45) is 0 Å². The molecule has 2 heterocycles. The first-order chi connectivity index (χ1) is 13.7. The SMILES string of the molecule is O=C(NCc1ccccc1)NC1(C(=O)N2CC[NH+]3CCC[C@H]3C2)CCCCC1. The van der Waals surface area contributed by atoms with Crippen LogP contribution < -0.4 is 15.5 Å². The highest BCUT2D eigenvalue weighted by molar-refractivity contribution is 5.91. The van der Waals surface area contributed by atoms with E-state index in [1.165, 1.54) is 19.4 Å². The third-order valence-electron chi connectivity index (χ3n) is 6.82. The third kappa shape index (κ3) is 4.17. The Morgan fingerprint density at radius 3 is 2.64 bits per heavy atom. The van der Waals surface area contributed by atoms with Crippen LogP contribution in [0.15, 0.2) is 30.3 Å². The number of quaternary nitrogens is 1. The molecule has 1 aromatic carbocycles. The standard InChI is InChI=1S/C22H32N4O2/c27-20(26-15-14-25-13-7-10-19(25)17-26)22(11-5-2-6-12-22)24-21(28)23-16-18-8-3-1-4-9-18/h1,3-4,8-9,19H,2,5-7,10-17H2,(H2,23,24,28)/p+1/t19-/m0/s1. The number of hydrogen-bond donors (Lipinski definition) is 3. The second-order valence-corrected chi connectivity index (χ2v) is 8.68. The maximum atomic E-state index is 13.5. The van der Waals surface area contributed by atoms with Crippen molar-refractivity contribution in [1.29, 1.82) is 0 Å². The Balaban J connectivity index is 1.40. The zero-order chi connectivity index (χ0) is 19.4. The Bertz CT molecular complexity index is 687. The number of carbonyl (C=O) groups is 2. The van der Waals surface area contributed by atoms with Crippen molar-refractivity contribution in [2.45, 2.75) is 63.1 Å². The zero-order valence-electron chi connectivity index (χ0n) is 16.7. The van der Waals surface area contributed by atoms with Gasteiger partial charge in [0.15, 0.2) is 0 Å². The maximum absolute atomic E-state index is 13.5. The van der Waals surface area contributed by atoms with Gasteiger partial charge in [0, 0.05) is 19.4 Å². The predicted octanol–water partition coefficient (Wildman–Crippen LogP) is 1.08. The van der Waals surface area contributed by atoms with Crippen molar-refractivity contribution in [3.63, 3.8) is 0 Å². The van der Waals surface area contributed by atoms with Crippen LogP contribution in [0.25, 0.3) is 0 Å². The molecule has 2 saturated heterocycles. The molecule has 0 spiro atoms. The average molecular weight is 386 g/mol. The molecule has 2 atom stereocenters. The number of urea groups is 1. The summed E-state index contributed by atoms with van der Waals surface area (Å²) in [4.78, 5) is 29.9. The Morgan fingerprint density at radius 2 is 1.86 bits per heavy atom. The molecule has 2 aliphatic heterocycles. The molecule has 1 aliphatic carbocycles. The van der Waals surface area contributed by atoms with Gasteiger partial charge in [0.25, 0.3) is 0 Å². The molecular weight excluding hydrogens is 352 g/mol. The number of rotatable bonds is 4. The molecule has 1 unspecified atom stereocenters. The zero-order valence-corrected chi connectivity index (χ0v) is 16.7. The monoisotopic (exact) mass is 385 g/mol. The molecule has 3 fully saturated rings. The van der Waals surface area contributed by atoms with Gasteiger partial charge in [0.05, 0.1) is 26.2 Å². The normalized spacial score (nSPS) is 26.4. The molecule has 6 heteroatoms. The summed E-state index contributed by atoms with van der Waals surface area (Å²) >= 11 is 0. The topological polar surface area (TPSA) is 65.9 Å². The molecule has 0 aromatic heterocycles. The van der Waals surface area contributed by atoms with E-state index >= 15 is 0 Å². The molecule has 0 radical (unpaired) electrons. The van der Waals surface area contributed by atoms with Crippen LogP contribution in [0, 0.1) is 0 Å². The fourth-order valence-electron chi connectivity index (χ4n) is 5.24. The Kier molecular flexibility index (Phi) is 5.85. The lowest BCUT2D eigenvalue weighted by Gasteiger charge is -2.43. The predicted molar refractivity (Wildman–Crippen MR) is 108 cm³/mol. The molecule has 1 aromatic rings. The number of nitrogens with one attached hydrogen (secondary N) is 3. The van der Waals surface area contributed by atoms with Crippen LogP contribution in [0.2, 0.25) is 0 Å². The van der Waals surface area contributed by atoms with Crippen molar-refractivity contribution in [3.05, 3.63) is 35.9 Å². The summed E-state index contributed by atoms with van der Waals surface area (Å²) in [6, 6.07) is 10.2. The first kappa shape index (κ1) is 19.2. The van der Waals surface area contributed by atoms with E-state index in [0.717, 1.165) is 57.3 Å². The summed E-state index contributed by atoms with van der Waals surface area (Å²) in [5.74, 6) is 0.146. The lowest BCUT2D eigenvalue weighted by atomic mass is 9.80. The molecule has 4 rings (SSSR count). The lowest BCUT2D eigenvalue weighted by molar-refractivity contribution is -0.916. The molecule has 1 saturated carbocycles. The molecule has 3 N–H and O–H groups in total. The van der Waals surface area contributed by atoms with Gasteiger partial charge in [0.2, 0.25) is 5.91 Å². The number of carbonyl (C=O) groups excluding carboxylic acids is 2. The quantitative estimate of drug-likeness (QED) is 0.726. The number of amides is 3. The van der Waals surface area contributed by atoms with E-state index < -0.39 is 5.54 Å². The molecule has 152 valence electrons. The van der Waals surface area contributed by atoms with Crippen LogP contribution in [0.4, 0.5) is 4.79 Å². The summed E-state index contributed by atoms with van der Waals surface area (Å²) in [6.07, 6.45) is 7.14. The van der Waals surface area contributed by atoms with Gasteiger partial charge in [-0.25, -0.2) is 4.79 Å². The summed E-state index contributed by atoms with van der Waals surface area (Å²) in [5, 5.41) is 6.05. The van der Waals surface area contributed by atoms with Crippen molar-refractivity contribution in [1.82, 2.24) is 15.5 Å². The van der Waals surface area contributed by atoms with Crippen molar-refractivity contribution >= 4 is 11.9 Å². The van der Waals surface area contributed by atoms with E-state index in [1.54, 1.807) is 4.90 Å². The van der Waals surface area contributed by atoms with Gasteiger partial charge >= 0.3 is 6.03 Å². The first-order valence-electron chi connectivity index (χ1n) is 10.9. The minimum atomic E-state index is -0.727. The highest BCUT2D eigenvalue weighted by atomic mass is 16.2. The largest absolute Gasteiger partial charge is 0.334 e. The number of nitrogens with zero attached hydrogens (tertiary/aromatic N) is 1. The minimum absolute atomic E-state index is 0.146. The minimum Gasteiger partial charge on any atom is -0.334 e. The van der Waals surface area contributed by atoms with Crippen molar-refractivity contribution < 1.29 is 14.5 Å². The van der Waals surface area contributed by atoms with Crippen molar-refractivity contribution in [2.75, 3.05) is 26.2 Å². The molecule has 0 bridgehead atoms. The number of hydrogen-bond acceptors (Lipinski definition) is 2. The first-order valence-corrected chi connectivity index (χ1v) is 10.9. The average Bonchev–Trinajstić information content (AvgIpc) is 3.21. The summed E-state index contributed by atoms with van der Waals surface area (Å²) < 4.78 is 0. The highest BCUT2D eigenvalue weighted by Crippen LogP contribution is 2.30. The van der Waals surface area contributed by atoms with Crippen LogP contribution in [0.1, 0.15) is 50.5 Å². The molecule has 28 heavy (non-hydrogen) atoms. The van der Waals surface area contributed by atoms with Gasteiger partial charge in [-0.2, -0.15) is 0 Å². The molecule has 6 nitrogen and oxygen atoms in total. The van der Waals surface area contributed by atoms with Gasteiger partial charge in [-0.1, -0.05) is 49.6 Å².